The van der Waals surface area contributed by atoms with E-state index >= 15 is 0 Å². The zero-order chi connectivity index (χ0) is 12.0. The van der Waals surface area contributed by atoms with Gasteiger partial charge < -0.3 is 19.7 Å². The van der Waals surface area contributed by atoms with Gasteiger partial charge in [0.25, 0.3) is 0 Å². The maximum absolute atomic E-state index is 10.6. The summed E-state index contributed by atoms with van der Waals surface area (Å²) in [6, 6.07) is 2.96. The quantitative estimate of drug-likeness (QED) is 0.597. The molecule has 1 aromatic rings. The first-order chi connectivity index (χ1) is 7.67. The second-order valence-electron chi connectivity index (χ2n) is 3.29. The lowest BCUT2D eigenvalue weighted by molar-refractivity contribution is 0.0656. The molecule has 1 aromatic heterocycles. The molecule has 0 aromatic carbocycles. The van der Waals surface area contributed by atoms with Crippen LogP contribution in [0.15, 0.2) is 16.5 Å². The lowest BCUT2D eigenvalue weighted by atomic mass is 10.3. The van der Waals surface area contributed by atoms with E-state index in [1.807, 2.05) is 0 Å². The SMILES string of the molecule is O=C(O)c1ccc(CN(CCO)CCO)o1. The van der Waals surface area contributed by atoms with Crippen LogP contribution in [0.4, 0.5) is 0 Å². The van der Waals surface area contributed by atoms with Crippen molar-refractivity contribution < 1.29 is 24.5 Å². The van der Waals surface area contributed by atoms with Crippen LogP contribution in [0, 0.1) is 0 Å². The van der Waals surface area contributed by atoms with Gasteiger partial charge in [-0.1, -0.05) is 0 Å². The Morgan fingerprint density at radius 2 is 1.88 bits per heavy atom. The Labute approximate surface area is 92.7 Å². The Morgan fingerprint density at radius 1 is 1.25 bits per heavy atom. The lowest BCUT2D eigenvalue weighted by Crippen LogP contribution is -2.29. The Bertz CT molecular complexity index is 330. The molecule has 6 heteroatoms. The number of rotatable bonds is 7. The van der Waals surface area contributed by atoms with E-state index in [2.05, 4.69) is 0 Å². The molecule has 0 saturated carbocycles. The molecule has 0 radical (unpaired) electrons. The molecule has 1 rings (SSSR count). The maximum atomic E-state index is 10.6. The molecule has 6 nitrogen and oxygen atoms in total. The van der Waals surface area contributed by atoms with E-state index in [0.717, 1.165) is 0 Å². The van der Waals surface area contributed by atoms with E-state index in [1.54, 1.807) is 11.0 Å². The summed E-state index contributed by atoms with van der Waals surface area (Å²) in [6.45, 7) is 1.14. The summed E-state index contributed by atoms with van der Waals surface area (Å²) in [5.74, 6) is -0.718. The molecule has 0 amide bonds. The van der Waals surface area contributed by atoms with Gasteiger partial charge in [0.2, 0.25) is 5.76 Å². The van der Waals surface area contributed by atoms with E-state index in [9.17, 15) is 4.79 Å². The molecule has 0 atom stereocenters. The first kappa shape index (κ1) is 12.7. The fourth-order valence-corrected chi connectivity index (χ4v) is 1.35. The molecule has 0 aliphatic rings. The molecule has 0 unspecified atom stereocenters. The van der Waals surface area contributed by atoms with Crippen LogP contribution in [0.5, 0.6) is 0 Å². The molecule has 0 saturated heterocycles. The number of hydrogen-bond acceptors (Lipinski definition) is 5. The van der Waals surface area contributed by atoms with E-state index in [1.165, 1.54) is 6.07 Å². The number of aromatic carboxylic acids is 1. The molecule has 0 bridgehead atoms. The van der Waals surface area contributed by atoms with Gasteiger partial charge in [0.05, 0.1) is 19.8 Å². The minimum absolute atomic E-state index is 0.0213. The van der Waals surface area contributed by atoms with Crippen molar-refractivity contribution in [2.45, 2.75) is 6.54 Å². The summed E-state index contributed by atoms with van der Waals surface area (Å²) < 4.78 is 5.06. The summed E-state index contributed by atoms with van der Waals surface area (Å²) in [5.41, 5.74) is 0. The van der Waals surface area contributed by atoms with Crippen molar-refractivity contribution >= 4 is 5.97 Å². The van der Waals surface area contributed by atoms with Gasteiger partial charge in [-0.05, 0) is 12.1 Å². The second kappa shape index (κ2) is 6.26. The molecular weight excluding hydrogens is 214 g/mol. The van der Waals surface area contributed by atoms with Crippen LogP contribution in [-0.2, 0) is 6.54 Å². The zero-order valence-corrected chi connectivity index (χ0v) is 8.80. The largest absolute Gasteiger partial charge is 0.475 e. The third-order valence-corrected chi connectivity index (χ3v) is 2.08. The Kier molecular flexibility index (Phi) is 4.97. The summed E-state index contributed by atoms with van der Waals surface area (Å²) >= 11 is 0. The number of carboxylic acid groups (broad SMARTS) is 1. The van der Waals surface area contributed by atoms with Crippen LogP contribution in [0.3, 0.4) is 0 Å². The van der Waals surface area contributed by atoms with Gasteiger partial charge in [-0.25, -0.2) is 4.79 Å². The van der Waals surface area contributed by atoms with Crippen molar-refractivity contribution in [2.24, 2.45) is 0 Å². The summed E-state index contributed by atoms with van der Waals surface area (Å²) in [5, 5.41) is 26.2. The van der Waals surface area contributed by atoms with Crippen molar-refractivity contribution in [3.63, 3.8) is 0 Å². The van der Waals surface area contributed by atoms with Crippen LogP contribution < -0.4 is 0 Å². The average Bonchev–Trinajstić information content (AvgIpc) is 2.67. The predicted octanol–water partition coefficient (Wildman–Crippen LogP) is -0.236. The number of carboxylic acids is 1. The topological polar surface area (TPSA) is 94.1 Å². The normalized spacial score (nSPS) is 10.9. The number of aliphatic hydroxyl groups is 2. The molecule has 1 heterocycles. The zero-order valence-electron chi connectivity index (χ0n) is 8.80. The fraction of sp³-hybridized carbons (Fsp3) is 0.500. The van der Waals surface area contributed by atoms with Gasteiger partial charge in [0.1, 0.15) is 5.76 Å². The van der Waals surface area contributed by atoms with Gasteiger partial charge in [-0.3, -0.25) is 4.90 Å². The molecule has 16 heavy (non-hydrogen) atoms. The van der Waals surface area contributed by atoms with Gasteiger partial charge in [-0.2, -0.15) is 0 Å². The van der Waals surface area contributed by atoms with Crippen LogP contribution in [0.1, 0.15) is 16.3 Å². The maximum Gasteiger partial charge on any atom is 0.371 e. The Hall–Kier alpha value is -1.37. The summed E-state index contributed by atoms with van der Waals surface area (Å²) in [6.07, 6.45) is 0. The highest BCUT2D eigenvalue weighted by atomic mass is 16.4. The Balaban J connectivity index is 2.58. The first-order valence-electron chi connectivity index (χ1n) is 4.93. The van der Waals surface area contributed by atoms with Crippen molar-refractivity contribution in [1.29, 1.82) is 0 Å². The summed E-state index contributed by atoms with van der Waals surface area (Å²) in [4.78, 5) is 12.3. The van der Waals surface area contributed by atoms with E-state index in [-0.39, 0.29) is 19.0 Å². The highest BCUT2D eigenvalue weighted by Crippen LogP contribution is 2.10. The highest BCUT2D eigenvalue weighted by molar-refractivity contribution is 5.84. The number of carbonyl (C=O) groups is 1. The third kappa shape index (κ3) is 3.65. The van der Waals surface area contributed by atoms with Crippen molar-refractivity contribution in [3.8, 4) is 0 Å². The fourth-order valence-electron chi connectivity index (χ4n) is 1.35. The number of aliphatic hydroxyl groups excluding tert-OH is 2. The van der Waals surface area contributed by atoms with Crippen LogP contribution in [-0.4, -0.2) is 52.5 Å². The minimum atomic E-state index is -1.11. The molecule has 0 aliphatic carbocycles. The number of nitrogens with zero attached hydrogens (tertiary/aromatic N) is 1. The van der Waals surface area contributed by atoms with Crippen molar-refractivity contribution in [2.75, 3.05) is 26.3 Å². The highest BCUT2D eigenvalue weighted by Gasteiger charge is 2.11. The molecular formula is C10H15NO5. The lowest BCUT2D eigenvalue weighted by Gasteiger charge is -2.18. The number of furan rings is 1. The molecule has 0 fully saturated rings. The van der Waals surface area contributed by atoms with Crippen LogP contribution >= 0.6 is 0 Å². The molecule has 0 aliphatic heterocycles. The first-order valence-corrected chi connectivity index (χ1v) is 4.93. The molecule has 0 spiro atoms. The Morgan fingerprint density at radius 3 is 2.31 bits per heavy atom. The summed E-state index contributed by atoms with van der Waals surface area (Å²) in [7, 11) is 0. The monoisotopic (exact) mass is 229 g/mol. The predicted molar refractivity (Wildman–Crippen MR) is 55.1 cm³/mol. The van der Waals surface area contributed by atoms with Gasteiger partial charge in [0, 0.05) is 13.1 Å². The minimum Gasteiger partial charge on any atom is -0.475 e. The van der Waals surface area contributed by atoms with Gasteiger partial charge in [0.15, 0.2) is 0 Å². The third-order valence-electron chi connectivity index (χ3n) is 2.08. The van der Waals surface area contributed by atoms with Crippen molar-refractivity contribution in [3.05, 3.63) is 23.7 Å². The van der Waals surface area contributed by atoms with Gasteiger partial charge in [-0.15, -0.1) is 0 Å². The number of hydrogen-bond donors (Lipinski definition) is 3. The smallest absolute Gasteiger partial charge is 0.371 e. The standard InChI is InChI=1S/C10H15NO5/c12-5-3-11(4-6-13)7-8-1-2-9(16-8)10(14)15/h1-2,12-13H,3-7H2,(H,14,15). The van der Waals surface area contributed by atoms with Crippen LogP contribution in [0.2, 0.25) is 0 Å². The average molecular weight is 229 g/mol. The van der Waals surface area contributed by atoms with Crippen LogP contribution in [0.25, 0.3) is 0 Å². The van der Waals surface area contributed by atoms with E-state index < -0.39 is 5.97 Å². The van der Waals surface area contributed by atoms with Crippen molar-refractivity contribution in [1.82, 2.24) is 4.90 Å². The van der Waals surface area contributed by atoms with E-state index in [0.29, 0.717) is 25.4 Å². The molecule has 3 N–H and O–H groups in total. The molecule has 90 valence electrons. The second-order valence-corrected chi connectivity index (χ2v) is 3.29. The van der Waals surface area contributed by atoms with E-state index in [4.69, 9.17) is 19.7 Å². The van der Waals surface area contributed by atoms with Gasteiger partial charge >= 0.3 is 5.97 Å².